The summed E-state index contributed by atoms with van der Waals surface area (Å²) in [4.78, 5) is 16.5. The number of aromatic nitrogens is 1. The van der Waals surface area contributed by atoms with E-state index in [4.69, 9.17) is 4.42 Å². The third-order valence-electron chi connectivity index (χ3n) is 3.76. The van der Waals surface area contributed by atoms with Gasteiger partial charge in [-0.25, -0.2) is 13.4 Å². The highest BCUT2D eigenvalue weighted by Gasteiger charge is 2.16. The number of nitrogens with one attached hydrogen (secondary N) is 1. The van der Waals surface area contributed by atoms with Crippen LogP contribution in [0.2, 0.25) is 0 Å². The summed E-state index contributed by atoms with van der Waals surface area (Å²) < 4.78 is 29.9. The van der Waals surface area contributed by atoms with Gasteiger partial charge in [-0.05, 0) is 37.3 Å². The number of sulfone groups is 1. The summed E-state index contributed by atoms with van der Waals surface area (Å²) in [6.07, 6.45) is -0.119. The fourth-order valence-corrected chi connectivity index (χ4v) is 3.67. The van der Waals surface area contributed by atoms with E-state index in [0.717, 1.165) is 5.56 Å². The SMILES string of the molecule is Cc1ccc(S(=O)(=O)CCC(=O)Nc2ccc3oc(C)nc3c2)cc1. The second kappa shape index (κ2) is 6.68. The van der Waals surface area contributed by atoms with Crippen molar-refractivity contribution in [3.05, 3.63) is 53.9 Å². The van der Waals surface area contributed by atoms with E-state index in [-0.39, 0.29) is 23.0 Å². The molecule has 0 unspecified atom stereocenters. The molecule has 0 saturated carbocycles. The summed E-state index contributed by atoms with van der Waals surface area (Å²) in [7, 11) is -3.48. The molecule has 1 N–H and O–H groups in total. The molecular weight excluding hydrogens is 340 g/mol. The Balaban J connectivity index is 1.64. The van der Waals surface area contributed by atoms with Gasteiger partial charge in [0.1, 0.15) is 5.52 Å². The fraction of sp³-hybridized carbons (Fsp3) is 0.222. The molecule has 0 spiro atoms. The molecule has 1 heterocycles. The molecule has 25 heavy (non-hydrogen) atoms. The van der Waals surface area contributed by atoms with Crippen molar-refractivity contribution in [1.29, 1.82) is 0 Å². The molecule has 7 heteroatoms. The zero-order valence-corrected chi connectivity index (χ0v) is 14.8. The molecule has 3 aromatic rings. The van der Waals surface area contributed by atoms with Gasteiger partial charge in [-0.1, -0.05) is 17.7 Å². The van der Waals surface area contributed by atoms with Crippen LogP contribution < -0.4 is 5.32 Å². The second-order valence-electron chi connectivity index (χ2n) is 5.85. The number of anilines is 1. The van der Waals surface area contributed by atoms with Crippen molar-refractivity contribution in [2.75, 3.05) is 11.1 Å². The number of hydrogen-bond donors (Lipinski definition) is 1. The Kier molecular flexibility index (Phi) is 4.59. The molecule has 3 rings (SSSR count). The van der Waals surface area contributed by atoms with Crippen LogP contribution in [-0.4, -0.2) is 25.1 Å². The Morgan fingerprint density at radius 1 is 1.12 bits per heavy atom. The number of nitrogens with zero attached hydrogens (tertiary/aromatic N) is 1. The van der Waals surface area contributed by atoms with E-state index in [2.05, 4.69) is 10.3 Å². The summed E-state index contributed by atoms with van der Waals surface area (Å²) >= 11 is 0. The van der Waals surface area contributed by atoms with E-state index in [1.54, 1.807) is 49.4 Å². The summed E-state index contributed by atoms with van der Waals surface area (Å²) in [6.45, 7) is 3.63. The van der Waals surface area contributed by atoms with Gasteiger partial charge in [0.25, 0.3) is 0 Å². The molecule has 1 aromatic heterocycles. The minimum atomic E-state index is -3.48. The molecule has 0 bridgehead atoms. The quantitative estimate of drug-likeness (QED) is 0.756. The Hall–Kier alpha value is -2.67. The van der Waals surface area contributed by atoms with Crippen molar-refractivity contribution >= 4 is 32.5 Å². The maximum atomic E-state index is 12.3. The van der Waals surface area contributed by atoms with Crippen LogP contribution in [0, 0.1) is 13.8 Å². The van der Waals surface area contributed by atoms with Gasteiger partial charge in [-0.3, -0.25) is 4.79 Å². The maximum Gasteiger partial charge on any atom is 0.225 e. The normalized spacial score (nSPS) is 11.6. The van der Waals surface area contributed by atoms with Crippen molar-refractivity contribution in [2.45, 2.75) is 25.2 Å². The molecular formula is C18H18N2O4S. The van der Waals surface area contributed by atoms with Crippen LogP contribution in [0.4, 0.5) is 5.69 Å². The van der Waals surface area contributed by atoms with Crippen LogP contribution >= 0.6 is 0 Å². The van der Waals surface area contributed by atoms with E-state index < -0.39 is 9.84 Å². The van der Waals surface area contributed by atoms with Crippen molar-refractivity contribution < 1.29 is 17.6 Å². The van der Waals surface area contributed by atoms with Crippen molar-refractivity contribution in [2.24, 2.45) is 0 Å². The first-order valence-electron chi connectivity index (χ1n) is 7.80. The number of rotatable bonds is 5. The lowest BCUT2D eigenvalue weighted by Gasteiger charge is -2.06. The highest BCUT2D eigenvalue weighted by Crippen LogP contribution is 2.20. The number of benzene rings is 2. The zero-order chi connectivity index (χ0) is 18.0. The molecule has 0 fully saturated rings. The lowest BCUT2D eigenvalue weighted by atomic mass is 10.2. The lowest BCUT2D eigenvalue weighted by molar-refractivity contribution is -0.115. The number of oxazole rings is 1. The van der Waals surface area contributed by atoms with Gasteiger partial charge in [0.05, 0.1) is 10.6 Å². The minimum Gasteiger partial charge on any atom is -0.441 e. The third kappa shape index (κ3) is 4.06. The molecule has 6 nitrogen and oxygen atoms in total. The molecule has 0 saturated heterocycles. The first-order valence-corrected chi connectivity index (χ1v) is 9.45. The molecule has 2 aromatic carbocycles. The van der Waals surface area contributed by atoms with E-state index >= 15 is 0 Å². The first kappa shape index (κ1) is 17.2. The van der Waals surface area contributed by atoms with Crippen molar-refractivity contribution in [3.63, 3.8) is 0 Å². The highest BCUT2D eigenvalue weighted by atomic mass is 32.2. The average molecular weight is 358 g/mol. The molecule has 0 atom stereocenters. The van der Waals surface area contributed by atoms with Crippen molar-refractivity contribution in [1.82, 2.24) is 4.98 Å². The number of carbonyl (C=O) groups is 1. The van der Waals surface area contributed by atoms with Gasteiger partial charge < -0.3 is 9.73 Å². The zero-order valence-electron chi connectivity index (χ0n) is 13.9. The van der Waals surface area contributed by atoms with Gasteiger partial charge in [-0.2, -0.15) is 0 Å². The number of carbonyl (C=O) groups excluding carboxylic acids is 1. The number of fused-ring (bicyclic) bond motifs is 1. The van der Waals surface area contributed by atoms with Gasteiger partial charge in [0.15, 0.2) is 21.3 Å². The molecule has 130 valence electrons. The van der Waals surface area contributed by atoms with Gasteiger partial charge in [-0.15, -0.1) is 0 Å². The van der Waals surface area contributed by atoms with E-state index in [0.29, 0.717) is 22.7 Å². The molecule has 1 amide bonds. The predicted octanol–water partition coefficient (Wildman–Crippen LogP) is 3.25. The number of hydrogen-bond acceptors (Lipinski definition) is 5. The Morgan fingerprint density at radius 2 is 1.84 bits per heavy atom. The number of aryl methyl sites for hydroxylation is 2. The summed E-state index contributed by atoms with van der Waals surface area (Å²) in [6, 6.07) is 11.7. The van der Waals surface area contributed by atoms with Crippen LogP contribution in [0.25, 0.3) is 11.1 Å². The maximum absolute atomic E-state index is 12.3. The molecule has 0 radical (unpaired) electrons. The largest absolute Gasteiger partial charge is 0.441 e. The smallest absolute Gasteiger partial charge is 0.225 e. The average Bonchev–Trinajstić information content (AvgIpc) is 2.93. The van der Waals surface area contributed by atoms with Crippen LogP contribution in [0.3, 0.4) is 0 Å². The highest BCUT2D eigenvalue weighted by molar-refractivity contribution is 7.91. The standard InChI is InChI=1S/C18H18N2O4S/c1-12-3-6-15(7-4-12)25(22,23)10-9-18(21)20-14-5-8-17-16(11-14)19-13(2)24-17/h3-8,11H,9-10H2,1-2H3,(H,20,21). The summed E-state index contributed by atoms with van der Waals surface area (Å²) in [5, 5.41) is 2.69. The first-order chi connectivity index (χ1) is 11.8. The van der Waals surface area contributed by atoms with Crippen LogP contribution in [0.15, 0.2) is 51.8 Å². The van der Waals surface area contributed by atoms with E-state index in [1.165, 1.54) is 0 Å². The summed E-state index contributed by atoms with van der Waals surface area (Å²) in [5.41, 5.74) is 2.81. The topological polar surface area (TPSA) is 89.3 Å². The van der Waals surface area contributed by atoms with Crippen LogP contribution in [0.1, 0.15) is 17.9 Å². The van der Waals surface area contributed by atoms with Crippen molar-refractivity contribution in [3.8, 4) is 0 Å². The predicted molar refractivity (Wildman–Crippen MR) is 95.2 cm³/mol. The second-order valence-corrected chi connectivity index (χ2v) is 7.95. The molecule has 0 aliphatic rings. The minimum absolute atomic E-state index is 0.119. The van der Waals surface area contributed by atoms with Crippen LogP contribution in [0.5, 0.6) is 0 Å². The fourth-order valence-electron chi connectivity index (χ4n) is 2.43. The molecule has 0 aliphatic heterocycles. The van der Waals surface area contributed by atoms with Gasteiger partial charge >= 0.3 is 0 Å². The lowest BCUT2D eigenvalue weighted by Crippen LogP contribution is -2.17. The van der Waals surface area contributed by atoms with Gasteiger partial charge in [0, 0.05) is 19.0 Å². The summed E-state index contributed by atoms with van der Waals surface area (Å²) in [5.74, 6) is -0.0642. The van der Waals surface area contributed by atoms with Crippen LogP contribution in [-0.2, 0) is 14.6 Å². The number of amides is 1. The molecule has 0 aliphatic carbocycles. The Morgan fingerprint density at radius 3 is 2.56 bits per heavy atom. The van der Waals surface area contributed by atoms with Gasteiger partial charge in [0.2, 0.25) is 5.91 Å². The third-order valence-corrected chi connectivity index (χ3v) is 5.49. The Bertz CT molecular complexity index is 1020. The Labute approximate surface area is 145 Å². The monoisotopic (exact) mass is 358 g/mol. The van der Waals surface area contributed by atoms with E-state index in [1.807, 2.05) is 6.92 Å². The van der Waals surface area contributed by atoms with E-state index in [9.17, 15) is 13.2 Å².